The zero-order chi connectivity index (χ0) is 16.2. The maximum absolute atomic E-state index is 12.2. The Kier molecular flexibility index (Phi) is 5.28. The molecule has 0 aromatic heterocycles. The van der Waals surface area contributed by atoms with Gasteiger partial charge in [0.1, 0.15) is 5.75 Å². The van der Waals surface area contributed by atoms with Gasteiger partial charge in [-0.3, -0.25) is 4.79 Å². The van der Waals surface area contributed by atoms with E-state index in [-0.39, 0.29) is 17.1 Å². The van der Waals surface area contributed by atoms with E-state index < -0.39 is 0 Å². The minimum absolute atomic E-state index is 0.0647. The summed E-state index contributed by atoms with van der Waals surface area (Å²) in [5.74, 6) is 0.767. The molecule has 23 heavy (non-hydrogen) atoms. The van der Waals surface area contributed by atoms with Crippen LogP contribution >= 0.6 is 11.8 Å². The molecule has 1 aliphatic carbocycles. The Hall–Kier alpha value is -1.46. The molecular weight excluding hydrogens is 310 g/mol. The summed E-state index contributed by atoms with van der Waals surface area (Å²) in [7, 11) is 1.65. The summed E-state index contributed by atoms with van der Waals surface area (Å²) in [4.78, 5) is 12.2. The monoisotopic (exact) mass is 333 g/mol. The lowest BCUT2D eigenvalue weighted by atomic mass is 9.93. The number of hydrogen-bond acceptors (Lipinski definition) is 5. The molecule has 0 radical (unpaired) electrons. The van der Waals surface area contributed by atoms with Crippen molar-refractivity contribution in [2.75, 3.05) is 7.11 Å². The van der Waals surface area contributed by atoms with Crippen molar-refractivity contribution in [3.05, 3.63) is 40.9 Å². The van der Waals surface area contributed by atoms with E-state index in [2.05, 4.69) is 11.4 Å². The number of carbonyl (C=O) groups excluding carboxylic acids is 1. The Bertz CT molecular complexity index is 576. The molecule has 124 valence electrons. The van der Waals surface area contributed by atoms with Gasteiger partial charge in [0.2, 0.25) is 5.12 Å². The summed E-state index contributed by atoms with van der Waals surface area (Å²) in [5.41, 5.74) is 1.14. The summed E-state index contributed by atoms with van der Waals surface area (Å²) < 4.78 is 5.16. The molecule has 5 heteroatoms. The van der Waals surface area contributed by atoms with Gasteiger partial charge in [0, 0.05) is 6.04 Å². The summed E-state index contributed by atoms with van der Waals surface area (Å²) in [6.45, 7) is 0. The first-order chi connectivity index (χ1) is 11.1. The van der Waals surface area contributed by atoms with E-state index >= 15 is 0 Å². The standard InChI is InChI=1S/C18H23NO3S/c1-22-16-8-2-12(3-9-16)10-13-11-17(23-18(13)21)19-14-4-6-15(20)7-5-14/h2-3,8-9,11,13-15,19-20H,4-7,10H2,1H3. The van der Waals surface area contributed by atoms with E-state index in [1.807, 2.05) is 24.3 Å². The van der Waals surface area contributed by atoms with Crippen LogP contribution in [-0.2, 0) is 11.2 Å². The predicted octanol–water partition coefficient (Wildman–Crippen LogP) is 2.86. The van der Waals surface area contributed by atoms with Gasteiger partial charge in [0.05, 0.1) is 24.2 Å². The van der Waals surface area contributed by atoms with Crippen molar-refractivity contribution >= 4 is 16.9 Å². The molecule has 2 aliphatic rings. The highest BCUT2D eigenvalue weighted by Gasteiger charge is 2.28. The molecule has 0 amide bonds. The highest BCUT2D eigenvalue weighted by atomic mass is 32.2. The summed E-state index contributed by atoms with van der Waals surface area (Å²) in [5, 5.41) is 14.2. The van der Waals surface area contributed by atoms with Crippen LogP contribution in [-0.4, -0.2) is 29.5 Å². The van der Waals surface area contributed by atoms with Crippen LogP contribution in [0.15, 0.2) is 35.4 Å². The second-order valence-electron chi connectivity index (χ2n) is 6.26. The smallest absolute Gasteiger partial charge is 0.202 e. The van der Waals surface area contributed by atoms with E-state index in [1.165, 1.54) is 11.8 Å². The zero-order valence-corrected chi connectivity index (χ0v) is 14.1. The molecule has 1 aromatic rings. The molecule has 0 bridgehead atoms. The van der Waals surface area contributed by atoms with Gasteiger partial charge in [-0.25, -0.2) is 0 Å². The van der Waals surface area contributed by atoms with Crippen molar-refractivity contribution in [3.8, 4) is 5.75 Å². The third-order valence-corrected chi connectivity index (χ3v) is 5.50. The number of methoxy groups -OCH3 is 1. The number of rotatable bonds is 5. The summed E-state index contributed by atoms with van der Waals surface area (Å²) in [6.07, 6.45) is 6.26. The average Bonchev–Trinajstić information content (AvgIpc) is 2.90. The van der Waals surface area contributed by atoms with E-state index in [0.29, 0.717) is 6.04 Å². The second-order valence-corrected chi connectivity index (χ2v) is 7.31. The Morgan fingerprint density at radius 1 is 1.22 bits per heavy atom. The van der Waals surface area contributed by atoms with Crippen LogP contribution in [0.25, 0.3) is 0 Å². The number of benzene rings is 1. The third-order valence-electron chi connectivity index (χ3n) is 4.52. The van der Waals surface area contributed by atoms with Crippen molar-refractivity contribution in [1.82, 2.24) is 5.32 Å². The van der Waals surface area contributed by atoms with E-state index in [1.54, 1.807) is 7.11 Å². The Morgan fingerprint density at radius 2 is 1.91 bits per heavy atom. The van der Waals surface area contributed by atoms with Crippen molar-refractivity contribution in [2.24, 2.45) is 5.92 Å². The lowest BCUT2D eigenvalue weighted by Crippen LogP contribution is -2.33. The fraction of sp³-hybridized carbons (Fsp3) is 0.500. The van der Waals surface area contributed by atoms with Gasteiger partial charge >= 0.3 is 0 Å². The Labute approximate surface area is 141 Å². The Morgan fingerprint density at radius 3 is 2.57 bits per heavy atom. The SMILES string of the molecule is COc1ccc(CC2C=C(NC3CCC(O)CC3)SC2=O)cc1. The fourth-order valence-electron chi connectivity index (χ4n) is 3.13. The summed E-state index contributed by atoms with van der Waals surface area (Å²) in [6, 6.07) is 8.26. The number of aliphatic hydroxyl groups excluding tert-OH is 1. The molecule has 1 unspecified atom stereocenters. The van der Waals surface area contributed by atoms with Gasteiger partial charge in [0.25, 0.3) is 0 Å². The predicted molar refractivity (Wildman–Crippen MR) is 92.3 cm³/mol. The third kappa shape index (κ3) is 4.30. The normalized spacial score (nSPS) is 27.7. The molecular formula is C18H23NO3S. The molecule has 0 saturated heterocycles. The number of nitrogens with one attached hydrogen (secondary N) is 1. The van der Waals surface area contributed by atoms with Crippen LogP contribution in [0.5, 0.6) is 5.75 Å². The maximum Gasteiger partial charge on any atom is 0.202 e. The zero-order valence-electron chi connectivity index (χ0n) is 13.3. The summed E-state index contributed by atoms with van der Waals surface area (Å²) >= 11 is 1.32. The van der Waals surface area contributed by atoms with Crippen LogP contribution in [0.4, 0.5) is 0 Å². The van der Waals surface area contributed by atoms with Gasteiger partial charge in [-0.15, -0.1) is 0 Å². The quantitative estimate of drug-likeness (QED) is 0.868. The van der Waals surface area contributed by atoms with Crippen LogP contribution in [0.1, 0.15) is 31.2 Å². The molecule has 3 rings (SSSR count). The van der Waals surface area contributed by atoms with Crippen LogP contribution in [0, 0.1) is 5.92 Å². The van der Waals surface area contributed by atoms with Crippen LogP contribution < -0.4 is 10.1 Å². The topological polar surface area (TPSA) is 58.6 Å². The number of carbonyl (C=O) groups is 1. The van der Waals surface area contributed by atoms with Crippen LogP contribution in [0.2, 0.25) is 0 Å². The first kappa shape index (κ1) is 16.4. The van der Waals surface area contributed by atoms with Crippen molar-refractivity contribution < 1.29 is 14.6 Å². The highest BCUT2D eigenvalue weighted by molar-refractivity contribution is 8.17. The van der Waals surface area contributed by atoms with E-state index in [4.69, 9.17) is 4.74 Å². The second kappa shape index (κ2) is 7.41. The van der Waals surface area contributed by atoms with Gasteiger partial charge in [0.15, 0.2) is 0 Å². The minimum atomic E-state index is -0.150. The van der Waals surface area contributed by atoms with Gasteiger partial charge in [-0.1, -0.05) is 12.1 Å². The lowest BCUT2D eigenvalue weighted by molar-refractivity contribution is -0.112. The van der Waals surface area contributed by atoms with Crippen molar-refractivity contribution in [3.63, 3.8) is 0 Å². The van der Waals surface area contributed by atoms with E-state index in [9.17, 15) is 9.90 Å². The largest absolute Gasteiger partial charge is 0.497 e. The van der Waals surface area contributed by atoms with E-state index in [0.717, 1.165) is 48.4 Å². The molecule has 1 fully saturated rings. The minimum Gasteiger partial charge on any atom is -0.497 e. The first-order valence-electron chi connectivity index (χ1n) is 8.15. The van der Waals surface area contributed by atoms with Gasteiger partial charge in [-0.05, 0) is 67.6 Å². The first-order valence-corrected chi connectivity index (χ1v) is 8.96. The number of thioether (sulfide) groups is 1. The number of aliphatic hydroxyl groups is 1. The number of hydrogen-bond donors (Lipinski definition) is 2. The van der Waals surface area contributed by atoms with Gasteiger partial charge < -0.3 is 15.2 Å². The molecule has 1 aromatic carbocycles. The molecule has 2 N–H and O–H groups in total. The molecule has 1 atom stereocenters. The van der Waals surface area contributed by atoms with Gasteiger partial charge in [-0.2, -0.15) is 0 Å². The van der Waals surface area contributed by atoms with Crippen molar-refractivity contribution in [1.29, 1.82) is 0 Å². The fourth-order valence-corrected chi connectivity index (χ4v) is 4.10. The maximum atomic E-state index is 12.2. The van der Waals surface area contributed by atoms with Crippen LogP contribution in [0.3, 0.4) is 0 Å². The highest BCUT2D eigenvalue weighted by Crippen LogP contribution is 2.33. The molecule has 1 saturated carbocycles. The molecule has 0 spiro atoms. The lowest BCUT2D eigenvalue weighted by Gasteiger charge is -2.26. The molecule has 1 aliphatic heterocycles. The number of allylic oxidation sites excluding steroid dienone is 1. The molecule has 1 heterocycles. The van der Waals surface area contributed by atoms with Crippen molar-refractivity contribution in [2.45, 2.75) is 44.2 Å². The average molecular weight is 333 g/mol. The molecule has 4 nitrogen and oxygen atoms in total. The number of ether oxygens (including phenoxy) is 1. The Balaban J connectivity index is 1.57.